The summed E-state index contributed by atoms with van der Waals surface area (Å²) in [7, 11) is 4.47. The van der Waals surface area contributed by atoms with E-state index in [0.717, 1.165) is 19.1 Å². The summed E-state index contributed by atoms with van der Waals surface area (Å²) in [5.41, 5.74) is 0.440. The van der Waals surface area contributed by atoms with Crippen molar-refractivity contribution in [3.8, 4) is 0 Å². The van der Waals surface area contributed by atoms with E-state index in [0.29, 0.717) is 6.04 Å². The fraction of sp³-hybridized carbons (Fsp3) is 1.00. The Labute approximate surface area is 131 Å². The zero-order valence-electron chi connectivity index (χ0n) is 14.9. The molecule has 2 rings (SSSR count). The van der Waals surface area contributed by atoms with Gasteiger partial charge < -0.3 is 15.0 Å². The second-order valence-electron chi connectivity index (χ2n) is 7.63. The van der Waals surface area contributed by atoms with E-state index >= 15 is 0 Å². The van der Waals surface area contributed by atoms with Crippen molar-refractivity contribution in [2.45, 2.75) is 82.9 Å². The summed E-state index contributed by atoms with van der Waals surface area (Å²) >= 11 is 0. The van der Waals surface area contributed by atoms with Crippen LogP contribution in [0.5, 0.6) is 0 Å². The van der Waals surface area contributed by atoms with Gasteiger partial charge in [-0.25, -0.2) is 0 Å². The standard InChI is InChI=1S/C18H36N2O/c1-6-17(3,20(4)5)16(19-7-2)15-10-13-21-18(14-15)11-8-9-12-18/h15-16,19H,6-14H2,1-5H3. The summed E-state index contributed by atoms with van der Waals surface area (Å²) in [4.78, 5) is 2.43. The molecule has 0 aromatic rings. The topological polar surface area (TPSA) is 24.5 Å². The van der Waals surface area contributed by atoms with Gasteiger partial charge in [0.05, 0.1) is 5.60 Å². The third kappa shape index (κ3) is 3.46. The van der Waals surface area contributed by atoms with Crippen LogP contribution in [-0.2, 0) is 4.74 Å². The summed E-state index contributed by atoms with van der Waals surface area (Å²) in [6.45, 7) is 9.01. The van der Waals surface area contributed by atoms with Crippen molar-refractivity contribution in [2.75, 3.05) is 27.2 Å². The van der Waals surface area contributed by atoms with E-state index in [4.69, 9.17) is 4.74 Å². The van der Waals surface area contributed by atoms with Crippen LogP contribution in [0.15, 0.2) is 0 Å². The number of likely N-dealkylation sites (N-methyl/N-ethyl adjacent to an activating group) is 2. The molecule has 1 saturated heterocycles. The Morgan fingerprint density at radius 1 is 1.29 bits per heavy atom. The third-order valence-corrected chi connectivity index (χ3v) is 6.35. The minimum absolute atomic E-state index is 0.220. The molecule has 3 nitrogen and oxygen atoms in total. The third-order valence-electron chi connectivity index (χ3n) is 6.35. The van der Waals surface area contributed by atoms with Gasteiger partial charge in [-0.3, -0.25) is 0 Å². The first-order valence-electron chi connectivity index (χ1n) is 9.02. The molecule has 3 heteroatoms. The molecule has 0 amide bonds. The van der Waals surface area contributed by atoms with Crippen LogP contribution in [0, 0.1) is 5.92 Å². The van der Waals surface area contributed by atoms with Gasteiger partial charge >= 0.3 is 0 Å². The molecular weight excluding hydrogens is 260 g/mol. The first-order valence-corrected chi connectivity index (χ1v) is 9.02. The van der Waals surface area contributed by atoms with E-state index in [1.807, 2.05) is 0 Å². The Morgan fingerprint density at radius 3 is 2.48 bits per heavy atom. The molecule has 1 N–H and O–H groups in total. The molecule has 0 aromatic heterocycles. The van der Waals surface area contributed by atoms with Gasteiger partial charge in [-0.1, -0.05) is 26.7 Å². The predicted octanol–water partition coefficient (Wildman–Crippen LogP) is 3.43. The van der Waals surface area contributed by atoms with Gasteiger partial charge in [0, 0.05) is 18.2 Å². The fourth-order valence-electron chi connectivity index (χ4n) is 4.65. The van der Waals surface area contributed by atoms with Gasteiger partial charge in [0.1, 0.15) is 0 Å². The molecule has 1 aliphatic carbocycles. The number of rotatable bonds is 6. The van der Waals surface area contributed by atoms with E-state index < -0.39 is 0 Å². The van der Waals surface area contributed by atoms with Crippen molar-refractivity contribution >= 4 is 0 Å². The molecule has 21 heavy (non-hydrogen) atoms. The smallest absolute Gasteiger partial charge is 0.0685 e. The lowest BCUT2D eigenvalue weighted by Gasteiger charge is -2.50. The van der Waals surface area contributed by atoms with Gasteiger partial charge in [0.25, 0.3) is 0 Å². The van der Waals surface area contributed by atoms with E-state index in [-0.39, 0.29) is 11.1 Å². The Morgan fingerprint density at radius 2 is 1.95 bits per heavy atom. The van der Waals surface area contributed by atoms with E-state index in [2.05, 4.69) is 45.1 Å². The van der Waals surface area contributed by atoms with Crippen LogP contribution in [0.3, 0.4) is 0 Å². The maximum absolute atomic E-state index is 6.25. The molecule has 3 atom stereocenters. The van der Waals surface area contributed by atoms with E-state index in [1.165, 1.54) is 44.9 Å². The lowest BCUT2D eigenvalue weighted by molar-refractivity contribution is -0.107. The molecule has 0 bridgehead atoms. The van der Waals surface area contributed by atoms with Crippen molar-refractivity contribution in [2.24, 2.45) is 5.92 Å². The molecule has 1 spiro atoms. The second-order valence-corrected chi connectivity index (χ2v) is 7.63. The van der Waals surface area contributed by atoms with Crippen LogP contribution in [0.25, 0.3) is 0 Å². The number of hydrogen-bond acceptors (Lipinski definition) is 3. The van der Waals surface area contributed by atoms with Crippen LogP contribution < -0.4 is 5.32 Å². The molecule has 2 aliphatic rings. The summed E-state index contributed by atoms with van der Waals surface area (Å²) in [6.07, 6.45) is 8.94. The van der Waals surface area contributed by atoms with Crippen LogP contribution in [0.4, 0.5) is 0 Å². The van der Waals surface area contributed by atoms with Gasteiger partial charge in [-0.15, -0.1) is 0 Å². The Balaban J connectivity index is 2.17. The summed E-state index contributed by atoms with van der Waals surface area (Å²) in [5.74, 6) is 0.740. The normalized spacial score (nSPS) is 29.7. The lowest BCUT2D eigenvalue weighted by Crippen LogP contribution is -2.61. The summed E-state index contributed by atoms with van der Waals surface area (Å²) in [6, 6.07) is 0.559. The van der Waals surface area contributed by atoms with Crippen LogP contribution in [0.2, 0.25) is 0 Å². The van der Waals surface area contributed by atoms with Gasteiger partial charge in [-0.05, 0) is 65.6 Å². The molecule has 124 valence electrons. The maximum atomic E-state index is 6.25. The molecule has 3 unspecified atom stereocenters. The fourth-order valence-corrected chi connectivity index (χ4v) is 4.65. The largest absolute Gasteiger partial charge is 0.375 e. The van der Waals surface area contributed by atoms with E-state index in [9.17, 15) is 0 Å². The highest BCUT2D eigenvalue weighted by atomic mass is 16.5. The SMILES string of the molecule is CCNC(C1CCOC2(CCCC2)C1)C(C)(CC)N(C)C. The molecule has 1 saturated carbocycles. The Hall–Kier alpha value is -0.120. The number of ether oxygens (including phenoxy) is 1. The lowest BCUT2D eigenvalue weighted by atomic mass is 9.72. The Kier molecular flexibility index (Phi) is 5.72. The highest BCUT2D eigenvalue weighted by Gasteiger charge is 2.46. The average Bonchev–Trinajstić information content (AvgIpc) is 2.91. The molecular formula is C18H36N2O. The summed E-state index contributed by atoms with van der Waals surface area (Å²) in [5, 5.41) is 3.83. The second kappa shape index (κ2) is 6.97. The van der Waals surface area contributed by atoms with Crippen molar-refractivity contribution in [3.05, 3.63) is 0 Å². The van der Waals surface area contributed by atoms with Gasteiger partial charge in [0.2, 0.25) is 0 Å². The number of nitrogens with one attached hydrogen (secondary N) is 1. The molecule has 1 aliphatic heterocycles. The maximum Gasteiger partial charge on any atom is 0.0685 e. The zero-order chi connectivity index (χ0) is 15.5. The van der Waals surface area contributed by atoms with E-state index in [1.54, 1.807) is 0 Å². The number of nitrogens with zero attached hydrogens (tertiary/aromatic N) is 1. The van der Waals surface area contributed by atoms with Crippen molar-refractivity contribution < 1.29 is 4.74 Å². The molecule has 2 fully saturated rings. The quantitative estimate of drug-likeness (QED) is 0.812. The minimum Gasteiger partial charge on any atom is -0.375 e. The van der Waals surface area contributed by atoms with Gasteiger partial charge in [0.15, 0.2) is 0 Å². The minimum atomic E-state index is 0.220. The van der Waals surface area contributed by atoms with Crippen molar-refractivity contribution in [1.29, 1.82) is 0 Å². The first-order chi connectivity index (χ1) is 9.97. The van der Waals surface area contributed by atoms with Crippen molar-refractivity contribution in [1.82, 2.24) is 10.2 Å². The zero-order valence-corrected chi connectivity index (χ0v) is 14.9. The average molecular weight is 296 g/mol. The van der Waals surface area contributed by atoms with Crippen LogP contribution >= 0.6 is 0 Å². The molecule has 0 radical (unpaired) electrons. The van der Waals surface area contributed by atoms with Gasteiger partial charge in [-0.2, -0.15) is 0 Å². The highest BCUT2D eigenvalue weighted by molar-refractivity contribution is 5.02. The highest BCUT2D eigenvalue weighted by Crippen LogP contribution is 2.44. The van der Waals surface area contributed by atoms with Crippen LogP contribution in [0.1, 0.15) is 65.7 Å². The number of hydrogen-bond donors (Lipinski definition) is 1. The van der Waals surface area contributed by atoms with Crippen molar-refractivity contribution in [3.63, 3.8) is 0 Å². The van der Waals surface area contributed by atoms with Crippen LogP contribution in [-0.4, -0.2) is 49.3 Å². The molecule has 1 heterocycles. The monoisotopic (exact) mass is 296 g/mol. The first kappa shape index (κ1) is 17.2. The summed E-state index contributed by atoms with van der Waals surface area (Å²) < 4.78 is 6.25. The Bertz CT molecular complexity index is 325. The molecule has 0 aromatic carbocycles. The predicted molar refractivity (Wildman–Crippen MR) is 89.7 cm³/mol.